The molecule has 2 heterocycles. The van der Waals surface area contributed by atoms with E-state index in [9.17, 15) is 4.79 Å². The maximum atomic E-state index is 12.7. The molecule has 1 aliphatic heterocycles. The highest BCUT2D eigenvalue weighted by atomic mass is 16.5. The Labute approximate surface area is 189 Å². The average Bonchev–Trinajstić information content (AvgIpc) is 3.14. The van der Waals surface area contributed by atoms with Crippen molar-refractivity contribution in [1.82, 2.24) is 9.78 Å². The van der Waals surface area contributed by atoms with Gasteiger partial charge in [0.1, 0.15) is 5.75 Å². The smallest absolute Gasteiger partial charge is 0.185 e. The Morgan fingerprint density at radius 1 is 1.09 bits per heavy atom. The van der Waals surface area contributed by atoms with Crippen molar-refractivity contribution in [3.63, 3.8) is 0 Å². The molecule has 1 fully saturated rings. The van der Waals surface area contributed by atoms with Crippen LogP contribution in [-0.2, 0) is 11.3 Å². The lowest BCUT2D eigenvalue weighted by atomic mass is 10.1. The molecule has 32 heavy (non-hydrogen) atoms. The van der Waals surface area contributed by atoms with E-state index in [4.69, 9.17) is 9.47 Å². The van der Waals surface area contributed by atoms with Gasteiger partial charge in [-0.25, -0.2) is 0 Å². The molecule has 0 N–H and O–H groups in total. The molecule has 6 nitrogen and oxygen atoms in total. The van der Waals surface area contributed by atoms with E-state index in [1.807, 2.05) is 67.1 Å². The van der Waals surface area contributed by atoms with E-state index in [1.54, 1.807) is 13.2 Å². The third-order valence-corrected chi connectivity index (χ3v) is 5.68. The summed E-state index contributed by atoms with van der Waals surface area (Å²) in [6, 6.07) is 15.8. The predicted molar refractivity (Wildman–Crippen MR) is 127 cm³/mol. The first kappa shape index (κ1) is 21.8. The molecule has 3 aromatic rings. The highest BCUT2D eigenvalue weighted by Gasteiger charge is 2.12. The van der Waals surface area contributed by atoms with Gasteiger partial charge in [-0.15, -0.1) is 0 Å². The molecule has 0 atom stereocenters. The molecule has 0 aliphatic carbocycles. The summed E-state index contributed by atoms with van der Waals surface area (Å²) in [5.41, 5.74) is 5.85. The van der Waals surface area contributed by atoms with Crippen molar-refractivity contribution >= 4 is 17.5 Å². The third-order valence-electron chi connectivity index (χ3n) is 5.68. The van der Waals surface area contributed by atoms with Crippen LogP contribution in [-0.4, -0.2) is 49.0 Å². The molecule has 1 aliphatic rings. The molecule has 1 aromatic heterocycles. The van der Waals surface area contributed by atoms with Crippen molar-refractivity contribution in [3.05, 3.63) is 82.7 Å². The lowest BCUT2D eigenvalue weighted by Gasteiger charge is -2.28. The monoisotopic (exact) mass is 431 g/mol. The molecule has 0 amide bonds. The second kappa shape index (κ2) is 9.83. The standard InChI is InChI=1S/C26H29N3O3/c1-19-16-20(2)29(27-19)18-23-17-21(5-11-26(23)31-3)4-10-25(30)22-6-8-24(9-7-22)28-12-14-32-15-13-28/h4-11,16-17H,12-15,18H2,1-3H3/b10-4+. The minimum atomic E-state index is -0.0190. The number of ether oxygens (including phenoxy) is 2. The Hall–Kier alpha value is -3.38. The zero-order valence-electron chi connectivity index (χ0n) is 18.9. The summed E-state index contributed by atoms with van der Waals surface area (Å²) in [7, 11) is 1.67. The number of aryl methyl sites for hydroxylation is 2. The Bertz CT molecular complexity index is 1110. The number of carbonyl (C=O) groups excluding carboxylic acids is 1. The summed E-state index contributed by atoms with van der Waals surface area (Å²) in [5, 5.41) is 4.54. The van der Waals surface area contributed by atoms with E-state index in [1.165, 1.54) is 0 Å². The highest BCUT2D eigenvalue weighted by molar-refractivity contribution is 6.07. The number of allylic oxidation sites excluding steroid dienone is 1. The Morgan fingerprint density at radius 3 is 2.50 bits per heavy atom. The van der Waals surface area contributed by atoms with Crippen molar-refractivity contribution < 1.29 is 14.3 Å². The minimum absolute atomic E-state index is 0.0190. The van der Waals surface area contributed by atoms with Crippen LogP contribution >= 0.6 is 0 Å². The molecule has 1 saturated heterocycles. The summed E-state index contributed by atoms with van der Waals surface area (Å²) in [6.07, 6.45) is 3.47. The van der Waals surface area contributed by atoms with E-state index in [-0.39, 0.29) is 5.78 Å². The zero-order valence-corrected chi connectivity index (χ0v) is 18.9. The fraction of sp³-hybridized carbons (Fsp3) is 0.308. The van der Waals surface area contributed by atoms with Gasteiger partial charge in [-0.1, -0.05) is 12.1 Å². The summed E-state index contributed by atoms with van der Waals surface area (Å²) in [6.45, 7) is 7.88. The Balaban J connectivity index is 1.47. The minimum Gasteiger partial charge on any atom is -0.496 e. The normalized spacial score (nSPS) is 14.2. The van der Waals surface area contributed by atoms with E-state index >= 15 is 0 Å². The van der Waals surface area contributed by atoms with Gasteiger partial charge in [0.25, 0.3) is 0 Å². The SMILES string of the molecule is COc1ccc(/C=C/C(=O)c2ccc(N3CCOCC3)cc2)cc1Cn1nc(C)cc1C. The number of benzene rings is 2. The van der Waals surface area contributed by atoms with Crippen LogP contribution in [0.5, 0.6) is 5.75 Å². The lowest BCUT2D eigenvalue weighted by Crippen LogP contribution is -2.36. The Morgan fingerprint density at radius 2 is 1.84 bits per heavy atom. The largest absolute Gasteiger partial charge is 0.496 e. The van der Waals surface area contributed by atoms with E-state index in [0.717, 1.165) is 60.3 Å². The fourth-order valence-corrected chi connectivity index (χ4v) is 3.95. The third kappa shape index (κ3) is 5.08. The van der Waals surface area contributed by atoms with Crippen LogP contribution in [0.1, 0.15) is 32.9 Å². The van der Waals surface area contributed by atoms with Crippen molar-refractivity contribution in [1.29, 1.82) is 0 Å². The van der Waals surface area contributed by atoms with Gasteiger partial charge in [-0.2, -0.15) is 5.10 Å². The van der Waals surface area contributed by atoms with Gasteiger partial charge in [-0.3, -0.25) is 9.48 Å². The summed E-state index contributed by atoms with van der Waals surface area (Å²) < 4.78 is 12.9. The molecular formula is C26H29N3O3. The molecule has 4 rings (SSSR count). The van der Waals surface area contributed by atoms with Crippen molar-refractivity contribution in [2.75, 3.05) is 38.3 Å². The van der Waals surface area contributed by atoms with Crippen molar-refractivity contribution in [3.8, 4) is 5.75 Å². The second-order valence-electron chi connectivity index (χ2n) is 8.00. The van der Waals surface area contributed by atoms with Gasteiger partial charge in [0.2, 0.25) is 0 Å². The number of morpholine rings is 1. The maximum Gasteiger partial charge on any atom is 0.185 e. The average molecular weight is 432 g/mol. The van der Waals surface area contributed by atoms with Gasteiger partial charge in [0.15, 0.2) is 5.78 Å². The fourth-order valence-electron chi connectivity index (χ4n) is 3.95. The Kier molecular flexibility index (Phi) is 6.71. The van der Waals surface area contributed by atoms with E-state index in [0.29, 0.717) is 12.1 Å². The van der Waals surface area contributed by atoms with Crippen LogP contribution < -0.4 is 9.64 Å². The van der Waals surface area contributed by atoms with E-state index < -0.39 is 0 Å². The van der Waals surface area contributed by atoms with Crippen LogP contribution in [0.3, 0.4) is 0 Å². The first-order valence-corrected chi connectivity index (χ1v) is 10.9. The number of aromatic nitrogens is 2. The van der Waals surface area contributed by atoms with Crippen molar-refractivity contribution in [2.45, 2.75) is 20.4 Å². The first-order valence-electron chi connectivity index (χ1n) is 10.9. The predicted octanol–water partition coefficient (Wildman–Crippen LogP) is 4.29. The second-order valence-corrected chi connectivity index (χ2v) is 8.00. The number of hydrogen-bond donors (Lipinski definition) is 0. The van der Waals surface area contributed by atoms with Gasteiger partial charge in [0.05, 0.1) is 32.6 Å². The van der Waals surface area contributed by atoms with Crippen LogP contribution in [0, 0.1) is 13.8 Å². The van der Waals surface area contributed by atoms with Gasteiger partial charge >= 0.3 is 0 Å². The molecule has 6 heteroatoms. The van der Waals surface area contributed by atoms with Crippen LogP contribution in [0.4, 0.5) is 5.69 Å². The quantitative estimate of drug-likeness (QED) is 0.413. The summed E-state index contributed by atoms with van der Waals surface area (Å²) >= 11 is 0. The molecular weight excluding hydrogens is 402 g/mol. The summed E-state index contributed by atoms with van der Waals surface area (Å²) in [5.74, 6) is 0.786. The summed E-state index contributed by atoms with van der Waals surface area (Å²) in [4.78, 5) is 15.0. The molecule has 2 aromatic carbocycles. The maximum absolute atomic E-state index is 12.7. The number of anilines is 1. The molecule has 0 saturated carbocycles. The number of ketones is 1. The number of carbonyl (C=O) groups is 1. The van der Waals surface area contributed by atoms with E-state index in [2.05, 4.69) is 16.1 Å². The zero-order chi connectivity index (χ0) is 22.5. The van der Waals surface area contributed by atoms with Gasteiger partial charge in [-0.05, 0) is 68.0 Å². The van der Waals surface area contributed by atoms with Crippen LogP contribution in [0.15, 0.2) is 54.6 Å². The van der Waals surface area contributed by atoms with Crippen LogP contribution in [0.2, 0.25) is 0 Å². The van der Waals surface area contributed by atoms with Gasteiger partial charge in [0, 0.05) is 35.6 Å². The number of hydrogen-bond acceptors (Lipinski definition) is 5. The molecule has 0 unspecified atom stereocenters. The highest BCUT2D eigenvalue weighted by Crippen LogP contribution is 2.23. The number of rotatable bonds is 7. The first-order chi connectivity index (χ1) is 15.5. The molecule has 0 spiro atoms. The van der Waals surface area contributed by atoms with Crippen molar-refractivity contribution in [2.24, 2.45) is 0 Å². The number of methoxy groups -OCH3 is 1. The molecule has 166 valence electrons. The molecule has 0 bridgehead atoms. The van der Waals surface area contributed by atoms with Crippen LogP contribution in [0.25, 0.3) is 6.08 Å². The number of nitrogens with zero attached hydrogens (tertiary/aromatic N) is 3. The van der Waals surface area contributed by atoms with Gasteiger partial charge < -0.3 is 14.4 Å². The molecule has 0 radical (unpaired) electrons. The lowest BCUT2D eigenvalue weighted by molar-refractivity contribution is 0.104. The topological polar surface area (TPSA) is 56.6 Å².